The quantitative estimate of drug-likeness (QED) is 0.664. The molecule has 0 aliphatic heterocycles. The summed E-state index contributed by atoms with van der Waals surface area (Å²) in [6, 6.07) is 3.51. The lowest BCUT2D eigenvalue weighted by Gasteiger charge is -2.20. The highest BCUT2D eigenvalue weighted by atomic mass is 16.3. The molecule has 106 valence electrons. The molecule has 1 amide bonds. The van der Waals surface area contributed by atoms with Crippen molar-refractivity contribution in [3.05, 3.63) is 24.5 Å². The third-order valence-electron chi connectivity index (χ3n) is 2.83. The van der Waals surface area contributed by atoms with Gasteiger partial charge in [0.2, 0.25) is 5.91 Å². The summed E-state index contributed by atoms with van der Waals surface area (Å²) >= 11 is 0. The number of aliphatic hydroxyl groups is 1. The van der Waals surface area contributed by atoms with E-state index in [4.69, 9.17) is 5.11 Å². The number of rotatable bonds is 9. The molecule has 0 saturated heterocycles. The molecule has 19 heavy (non-hydrogen) atoms. The average Bonchev–Trinajstić information content (AvgIpc) is 2.40. The summed E-state index contributed by atoms with van der Waals surface area (Å²) < 4.78 is 0. The van der Waals surface area contributed by atoms with E-state index in [0.29, 0.717) is 13.1 Å². The third kappa shape index (κ3) is 6.88. The molecule has 1 aromatic heterocycles. The van der Waals surface area contributed by atoms with Crippen LogP contribution < -0.4 is 5.32 Å². The van der Waals surface area contributed by atoms with Gasteiger partial charge in [-0.1, -0.05) is 19.8 Å². The maximum absolute atomic E-state index is 11.9. The lowest BCUT2D eigenvalue weighted by Crippen LogP contribution is -2.36. The first-order valence-electron chi connectivity index (χ1n) is 6.79. The molecule has 0 aliphatic carbocycles. The minimum atomic E-state index is -0.0591. The monoisotopic (exact) mass is 265 g/mol. The van der Waals surface area contributed by atoms with Gasteiger partial charge in [-0.15, -0.1) is 0 Å². The molecule has 1 aromatic rings. The largest absolute Gasteiger partial charge is 0.395 e. The van der Waals surface area contributed by atoms with Crippen molar-refractivity contribution in [2.24, 2.45) is 0 Å². The molecule has 5 nitrogen and oxygen atoms in total. The van der Waals surface area contributed by atoms with Gasteiger partial charge >= 0.3 is 0 Å². The number of nitrogens with zero attached hydrogens (tertiary/aromatic N) is 2. The van der Waals surface area contributed by atoms with Crippen LogP contribution in [0.3, 0.4) is 0 Å². The SMILES string of the molecule is CCCCCN(CCO)CC(=O)Nc1ccncc1. The highest BCUT2D eigenvalue weighted by Gasteiger charge is 2.10. The molecule has 0 fully saturated rings. The van der Waals surface area contributed by atoms with E-state index in [-0.39, 0.29) is 12.5 Å². The number of pyridine rings is 1. The van der Waals surface area contributed by atoms with Gasteiger partial charge in [-0.25, -0.2) is 0 Å². The van der Waals surface area contributed by atoms with Crippen molar-refractivity contribution in [1.82, 2.24) is 9.88 Å². The number of amides is 1. The Morgan fingerprint density at radius 3 is 2.68 bits per heavy atom. The first-order chi connectivity index (χ1) is 9.26. The first-order valence-corrected chi connectivity index (χ1v) is 6.79. The van der Waals surface area contributed by atoms with Crippen molar-refractivity contribution in [2.45, 2.75) is 26.2 Å². The zero-order chi connectivity index (χ0) is 13.9. The summed E-state index contributed by atoms with van der Waals surface area (Å²) in [5.74, 6) is -0.0591. The molecule has 1 heterocycles. The van der Waals surface area contributed by atoms with Crippen LogP contribution >= 0.6 is 0 Å². The smallest absolute Gasteiger partial charge is 0.238 e. The van der Waals surface area contributed by atoms with E-state index in [0.717, 1.165) is 31.5 Å². The molecule has 0 aromatic carbocycles. The number of hydrogen-bond acceptors (Lipinski definition) is 4. The Labute approximate surface area is 114 Å². The fourth-order valence-corrected chi connectivity index (χ4v) is 1.84. The van der Waals surface area contributed by atoms with Crippen LogP contribution in [-0.2, 0) is 4.79 Å². The molecule has 0 radical (unpaired) electrons. The van der Waals surface area contributed by atoms with Crippen LogP contribution in [0.2, 0.25) is 0 Å². The van der Waals surface area contributed by atoms with Gasteiger partial charge in [-0.2, -0.15) is 0 Å². The Bertz CT molecular complexity index is 357. The highest BCUT2D eigenvalue weighted by molar-refractivity contribution is 5.92. The van der Waals surface area contributed by atoms with Crippen LogP contribution in [0.25, 0.3) is 0 Å². The predicted octanol–water partition coefficient (Wildman–Crippen LogP) is 1.50. The van der Waals surface area contributed by atoms with E-state index in [1.165, 1.54) is 0 Å². The summed E-state index contributed by atoms with van der Waals surface area (Å²) in [4.78, 5) is 17.8. The van der Waals surface area contributed by atoms with Gasteiger partial charge in [0, 0.05) is 24.6 Å². The minimum absolute atomic E-state index is 0.0591. The molecular weight excluding hydrogens is 242 g/mol. The highest BCUT2D eigenvalue weighted by Crippen LogP contribution is 2.04. The maximum atomic E-state index is 11.9. The van der Waals surface area contributed by atoms with Gasteiger partial charge in [0.25, 0.3) is 0 Å². The number of carbonyl (C=O) groups excluding carboxylic acids is 1. The van der Waals surface area contributed by atoms with Gasteiger partial charge in [0.05, 0.1) is 13.2 Å². The second-order valence-corrected chi connectivity index (χ2v) is 4.49. The van der Waals surface area contributed by atoms with E-state index in [2.05, 4.69) is 17.2 Å². The topological polar surface area (TPSA) is 65.5 Å². The normalized spacial score (nSPS) is 10.7. The van der Waals surface area contributed by atoms with E-state index >= 15 is 0 Å². The van der Waals surface area contributed by atoms with Crippen molar-refractivity contribution >= 4 is 11.6 Å². The Kier molecular flexibility index (Phi) is 7.77. The zero-order valence-electron chi connectivity index (χ0n) is 11.5. The lowest BCUT2D eigenvalue weighted by atomic mass is 10.2. The summed E-state index contributed by atoms with van der Waals surface area (Å²) in [5.41, 5.74) is 0.748. The van der Waals surface area contributed by atoms with Gasteiger partial charge in [-0.3, -0.25) is 14.7 Å². The van der Waals surface area contributed by atoms with E-state index in [1.807, 2.05) is 4.90 Å². The number of aliphatic hydroxyl groups excluding tert-OH is 1. The molecule has 5 heteroatoms. The summed E-state index contributed by atoms with van der Waals surface area (Å²) in [7, 11) is 0. The van der Waals surface area contributed by atoms with Crippen LogP contribution in [0.4, 0.5) is 5.69 Å². The van der Waals surface area contributed by atoms with Crippen LogP contribution in [0.5, 0.6) is 0 Å². The summed E-state index contributed by atoms with van der Waals surface area (Å²) in [5, 5.41) is 11.8. The molecule has 0 bridgehead atoms. The maximum Gasteiger partial charge on any atom is 0.238 e. The fraction of sp³-hybridized carbons (Fsp3) is 0.571. The van der Waals surface area contributed by atoms with E-state index in [1.54, 1.807) is 24.5 Å². The van der Waals surface area contributed by atoms with E-state index in [9.17, 15) is 4.79 Å². The van der Waals surface area contributed by atoms with Gasteiger partial charge in [0.15, 0.2) is 0 Å². The van der Waals surface area contributed by atoms with Crippen LogP contribution in [-0.4, -0.2) is 47.1 Å². The molecule has 1 rings (SSSR count). The van der Waals surface area contributed by atoms with Crippen LogP contribution in [0.1, 0.15) is 26.2 Å². The number of carbonyl (C=O) groups is 1. The van der Waals surface area contributed by atoms with Gasteiger partial charge in [0.1, 0.15) is 0 Å². The molecular formula is C14H23N3O2. The average molecular weight is 265 g/mol. The molecule has 0 spiro atoms. The Morgan fingerprint density at radius 2 is 2.05 bits per heavy atom. The fourth-order valence-electron chi connectivity index (χ4n) is 1.84. The second kappa shape index (κ2) is 9.47. The van der Waals surface area contributed by atoms with E-state index < -0.39 is 0 Å². The van der Waals surface area contributed by atoms with Crippen LogP contribution in [0, 0.1) is 0 Å². The number of nitrogens with one attached hydrogen (secondary N) is 1. The molecule has 0 atom stereocenters. The van der Waals surface area contributed by atoms with Gasteiger partial charge in [-0.05, 0) is 25.1 Å². The minimum Gasteiger partial charge on any atom is -0.395 e. The second-order valence-electron chi connectivity index (χ2n) is 4.49. The van der Waals surface area contributed by atoms with Crippen molar-refractivity contribution in [2.75, 3.05) is 31.6 Å². The molecule has 2 N–H and O–H groups in total. The van der Waals surface area contributed by atoms with Crippen molar-refractivity contribution in [1.29, 1.82) is 0 Å². The molecule has 0 unspecified atom stereocenters. The van der Waals surface area contributed by atoms with Crippen LogP contribution in [0.15, 0.2) is 24.5 Å². The number of unbranched alkanes of at least 4 members (excludes halogenated alkanes) is 2. The number of hydrogen-bond donors (Lipinski definition) is 2. The number of aromatic nitrogens is 1. The van der Waals surface area contributed by atoms with Crippen molar-refractivity contribution < 1.29 is 9.90 Å². The Hall–Kier alpha value is -1.46. The predicted molar refractivity (Wildman–Crippen MR) is 75.9 cm³/mol. The third-order valence-corrected chi connectivity index (χ3v) is 2.83. The first kappa shape index (κ1) is 15.6. The Morgan fingerprint density at radius 1 is 1.32 bits per heavy atom. The molecule has 0 saturated carbocycles. The standard InChI is InChI=1S/C14H23N3O2/c1-2-3-4-9-17(10-11-18)12-14(19)16-13-5-7-15-8-6-13/h5-8,18H,2-4,9-12H2,1H3,(H,15,16,19). The van der Waals surface area contributed by atoms with Gasteiger partial charge < -0.3 is 10.4 Å². The summed E-state index contributed by atoms with van der Waals surface area (Å²) in [6.07, 6.45) is 6.63. The van der Waals surface area contributed by atoms with Crippen molar-refractivity contribution in [3.63, 3.8) is 0 Å². The number of anilines is 1. The summed E-state index contributed by atoms with van der Waals surface area (Å²) in [6.45, 7) is 3.92. The Balaban J connectivity index is 2.37. The van der Waals surface area contributed by atoms with Crippen molar-refractivity contribution in [3.8, 4) is 0 Å². The lowest BCUT2D eigenvalue weighted by molar-refractivity contribution is -0.117. The molecule has 0 aliphatic rings. The zero-order valence-corrected chi connectivity index (χ0v) is 11.5.